The lowest BCUT2D eigenvalue weighted by molar-refractivity contribution is -0.137. The van der Waals surface area contributed by atoms with Crippen LogP contribution in [0.1, 0.15) is 22.6 Å². The molecule has 1 aliphatic heterocycles. The van der Waals surface area contributed by atoms with Crippen molar-refractivity contribution in [3.8, 4) is 5.75 Å². The van der Waals surface area contributed by atoms with E-state index in [4.69, 9.17) is 27.9 Å². The fraction of sp³-hybridized carbons (Fsp3) is 0.267. The van der Waals surface area contributed by atoms with Crippen LogP contribution in [0, 0.1) is 0 Å². The van der Waals surface area contributed by atoms with Crippen LogP contribution < -0.4 is 10.1 Å². The summed E-state index contributed by atoms with van der Waals surface area (Å²) in [7, 11) is 0. The highest BCUT2D eigenvalue weighted by atomic mass is 35.5. The number of benzene rings is 3. The topological polar surface area (TPSA) is 99.1 Å². The molecule has 5 rings (SSSR count). The minimum absolute atomic E-state index is 0.0698. The van der Waals surface area contributed by atoms with E-state index in [1.807, 2.05) is 48.5 Å². The molecule has 202 valence electrons. The van der Waals surface area contributed by atoms with Gasteiger partial charge in [0.1, 0.15) is 18.0 Å². The van der Waals surface area contributed by atoms with Gasteiger partial charge in [-0.15, -0.1) is 0 Å². The van der Waals surface area contributed by atoms with Crippen molar-refractivity contribution in [1.29, 1.82) is 0 Å². The van der Waals surface area contributed by atoms with Crippen LogP contribution in [0.3, 0.4) is 0 Å². The molecule has 0 radical (unpaired) electrons. The molecule has 9 heteroatoms. The van der Waals surface area contributed by atoms with Crippen LogP contribution in [0.25, 0.3) is 0 Å². The van der Waals surface area contributed by atoms with Crippen molar-refractivity contribution in [3.05, 3.63) is 111 Å². The first-order valence-corrected chi connectivity index (χ1v) is 13.4. The zero-order valence-corrected chi connectivity index (χ0v) is 22.5. The van der Waals surface area contributed by atoms with E-state index in [-0.39, 0.29) is 32.0 Å². The van der Waals surface area contributed by atoms with Gasteiger partial charge in [-0.1, -0.05) is 77.8 Å². The van der Waals surface area contributed by atoms with Gasteiger partial charge in [-0.25, -0.2) is 0 Å². The molecule has 0 bridgehead atoms. The molecular weight excluding hydrogens is 539 g/mol. The Bertz CT molecular complexity index is 1400. The normalized spacial score (nSPS) is 21.3. The number of para-hydroxylation sites is 1. The molecule has 0 saturated heterocycles. The van der Waals surface area contributed by atoms with E-state index in [1.165, 1.54) is 4.90 Å². The molecule has 39 heavy (non-hydrogen) atoms. The number of hydrogen-bond acceptors (Lipinski definition) is 5. The summed E-state index contributed by atoms with van der Waals surface area (Å²) in [4.78, 5) is 28.7. The van der Waals surface area contributed by atoms with E-state index in [0.717, 1.165) is 11.1 Å². The maximum atomic E-state index is 13.8. The van der Waals surface area contributed by atoms with Gasteiger partial charge in [-0.3, -0.25) is 9.59 Å². The fourth-order valence-corrected chi connectivity index (χ4v) is 5.72. The summed E-state index contributed by atoms with van der Waals surface area (Å²) in [6, 6.07) is 20.8. The third-order valence-corrected chi connectivity index (χ3v) is 7.70. The Kier molecular flexibility index (Phi) is 8.23. The largest absolute Gasteiger partial charge is 0.486 e. The molecule has 3 N–H and O–H groups in total. The van der Waals surface area contributed by atoms with Gasteiger partial charge in [-0.2, -0.15) is 0 Å². The molecule has 0 saturated carbocycles. The lowest BCUT2D eigenvalue weighted by Gasteiger charge is -2.41. The van der Waals surface area contributed by atoms with Gasteiger partial charge in [0, 0.05) is 34.3 Å². The molecule has 0 aromatic heterocycles. The number of nitrogens with zero attached hydrogens (tertiary/aromatic N) is 1. The Hall–Kier alpha value is -3.36. The number of fused-ring (bicyclic) bond motifs is 3. The van der Waals surface area contributed by atoms with Crippen molar-refractivity contribution >= 4 is 35.0 Å². The van der Waals surface area contributed by atoms with E-state index >= 15 is 0 Å². The van der Waals surface area contributed by atoms with Gasteiger partial charge in [0.05, 0.1) is 25.0 Å². The molecule has 0 fully saturated rings. The Balaban J connectivity index is 1.57. The summed E-state index contributed by atoms with van der Waals surface area (Å²) >= 11 is 12.6. The summed E-state index contributed by atoms with van der Waals surface area (Å²) in [5.41, 5.74) is 2.61. The molecule has 2 amide bonds. The minimum Gasteiger partial charge on any atom is -0.486 e. The van der Waals surface area contributed by atoms with Crippen LogP contribution in [0.5, 0.6) is 5.75 Å². The Morgan fingerprint density at radius 3 is 2.49 bits per heavy atom. The van der Waals surface area contributed by atoms with Crippen molar-refractivity contribution < 1.29 is 24.5 Å². The molecule has 7 nitrogen and oxygen atoms in total. The lowest BCUT2D eigenvalue weighted by atomic mass is 9.77. The summed E-state index contributed by atoms with van der Waals surface area (Å²) in [5.74, 6) is -0.597. The molecule has 4 atom stereocenters. The van der Waals surface area contributed by atoms with Gasteiger partial charge in [0.15, 0.2) is 0 Å². The molecule has 0 spiro atoms. The van der Waals surface area contributed by atoms with Crippen LogP contribution in [-0.4, -0.2) is 58.3 Å². The molecule has 3 aromatic rings. The van der Waals surface area contributed by atoms with Crippen LogP contribution in [0.4, 0.5) is 0 Å². The number of carbonyl (C=O) groups is 2. The predicted molar refractivity (Wildman–Crippen MR) is 149 cm³/mol. The molecule has 1 heterocycles. The third-order valence-electron chi connectivity index (χ3n) is 7.11. The molecule has 4 unspecified atom stereocenters. The van der Waals surface area contributed by atoms with Crippen molar-refractivity contribution in [1.82, 2.24) is 10.2 Å². The smallest absolute Gasteiger partial charge is 0.247 e. The molecule has 3 aromatic carbocycles. The SMILES string of the molecule is O=C(NCCO)C1=CC(N(Cc2ccc(Cl)cc2Cl)C(=O)Cc2ccccc2)C(O)C2Oc3ccccc3C12. The number of amides is 2. The average molecular weight is 567 g/mol. The van der Waals surface area contributed by atoms with Crippen LogP contribution in [0.2, 0.25) is 10.0 Å². The van der Waals surface area contributed by atoms with E-state index in [2.05, 4.69) is 5.32 Å². The number of ether oxygens (including phenoxy) is 1. The first-order chi connectivity index (χ1) is 18.9. The van der Waals surface area contributed by atoms with Gasteiger partial charge in [-0.05, 0) is 35.4 Å². The van der Waals surface area contributed by atoms with Crippen molar-refractivity contribution in [2.24, 2.45) is 0 Å². The Morgan fingerprint density at radius 1 is 1.00 bits per heavy atom. The van der Waals surface area contributed by atoms with Crippen molar-refractivity contribution in [3.63, 3.8) is 0 Å². The number of aliphatic hydroxyl groups is 2. The number of hydrogen-bond donors (Lipinski definition) is 3. The minimum atomic E-state index is -1.14. The van der Waals surface area contributed by atoms with Crippen LogP contribution in [-0.2, 0) is 22.6 Å². The molecule has 2 aliphatic rings. The van der Waals surface area contributed by atoms with E-state index in [9.17, 15) is 19.8 Å². The van der Waals surface area contributed by atoms with E-state index in [0.29, 0.717) is 26.9 Å². The number of carbonyl (C=O) groups excluding carboxylic acids is 2. The predicted octanol–water partition coefficient (Wildman–Crippen LogP) is 3.89. The molecule has 1 aliphatic carbocycles. The van der Waals surface area contributed by atoms with Crippen LogP contribution in [0.15, 0.2) is 84.4 Å². The van der Waals surface area contributed by atoms with Crippen molar-refractivity contribution in [2.75, 3.05) is 13.2 Å². The average Bonchev–Trinajstić information content (AvgIpc) is 3.33. The zero-order chi connectivity index (χ0) is 27.5. The first kappa shape index (κ1) is 27.2. The summed E-state index contributed by atoms with van der Waals surface area (Å²) in [5, 5.41) is 24.5. The highest BCUT2D eigenvalue weighted by molar-refractivity contribution is 6.35. The van der Waals surface area contributed by atoms with Crippen LogP contribution >= 0.6 is 23.2 Å². The molecular formula is C30H28Cl2N2O5. The third kappa shape index (κ3) is 5.68. The van der Waals surface area contributed by atoms with E-state index in [1.54, 1.807) is 30.3 Å². The second kappa shape index (κ2) is 11.8. The first-order valence-electron chi connectivity index (χ1n) is 12.7. The van der Waals surface area contributed by atoms with Gasteiger partial charge < -0.3 is 25.2 Å². The lowest BCUT2D eigenvalue weighted by Crippen LogP contribution is -2.55. The van der Waals surface area contributed by atoms with Gasteiger partial charge >= 0.3 is 0 Å². The highest BCUT2D eigenvalue weighted by Crippen LogP contribution is 2.47. The summed E-state index contributed by atoms with van der Waals surface area (Å²) in [6.45, 7) is -0.0703. The second-order valence-electron chi connectivity index (χ2n) is 9.60. The Morgan fingerprint density at radius 2 is 1.74 bits per heavy atom. The van der Waals surface area contributed by atoms with Gasteiger partial charge in [0.2, 0.25) is 11.8 Å². The standard InChI is InChI=1S/C30H28Cl2N2O5/c31-20-11-10-19(23(32)15-20)17-34(26(36)14-18-6-2-1-3-7-18)24-16-22(30(38)33-12-13-35)27-21-8-4-5-9-25(21)39-29(27)28(24)37/h1-11,15-16,24,27-29,35,37H,12-14,17H2,(H,33,38). The number of aliphatic hydroxyl groups excluding tert-OH is 2. The monoisotopic (exact) mass is 566 g/mol. The summed E-state index contributed by atoms with van der Waals surface area (Å²) < 4.78 is 6.17. The zero-order valence-electron chi connectivity index (χ0n) is 21.0. The number of rotatable bonds is 8. The fourth-order valence-electron chi connectivity index (χ4n) is 5.26. The maximum absolute atomic E-state index is 13.8. The second-order valence-corrected chi connectivity index (χ2v) is 10.4. The summed E-state index contributed by atoms with van der Waals surface area (Å²) in [6.07, 6.45) is -0.191. The van der Waals surface area contributed by atoms with E-state index < -0.39 is 30.1 Å². The highest BCUT2D eigenvalue weighted by Gasteiger charge is 2.50. The Labute approximate surface area is 236 Å². The quantitative estimate of drug-likeness (QED) is 0.384. The number of nitrogens with one attached hydrogen (secondary N) is 1. The number of halogens is 2. The van der Waals surface area contributed by atoms with Gasteiger partial charge in [0.25, 0.3) is 0 Å². The van der Waals surface area contributed by atoms with Crippen molar-refractivity contribution in [2.45, 2.75) is 37.1 Å². The maximum Gasteiger partial charge on any atom is 0.247 e.